The number of hydrogen-bond acceptors (Lipinski definition) is 5. The van der Waals surface area contributed by atoms with Crippen LogP contribution in [0.15, 0.2) is 41.8 Å². The van der Waals surface area contributed by atoms with E-state index in [1.165, 1.54) is 16.9 Å². The summed E-state index contributed by atoms with van der Waals surface area (Å²) in [6.45, 7) is 1.99. The smallest absolute Gasteiger partial charge is 0.213 e. The van der Waals surface area contributed by atoms with Crippen LogP contribution in [0.2, 0.25) is 0 Å². The quantitative estimate of drug-likeness (QED) is 0.619. The van der Waals surface area contributed by atoms with Crippen LogP contribution in [0.4, 0.5) is 0 Å². The fourth-order valence-corrected chi connectivity index (χ4v) is 4.02. The first-order valence-electron chi connectivity index (χ1n) is 6.86. The molecule has 0 bridgehead atoms. The Labute approximate surface area is 135 Å². The second-order valence-electron chi connectivity index (χ2n) is 5.01. The van der Waals surface area contributed by atoms with Gasteiger partial charge in [-0.05, 0) is 18.4 Å². The number of benzene rings is 1. The van der Waals surface area contributed by atoms with E-state index in [2.05, 4.69) is 41.3 Å². The second-order valence-corrected chi connectivity index (χ2v) is 6.91. The Bertz CT molecular complexity index is 921. The van der Waals surface area contributed by atoms with Gasteiger partial charge in [-0.2, -0.15) is 5.10 Å². The third-order valence-electron chi connectivity index (χ3n) is 3.50. The zero-order chi connectivity index (χ0) is 15.1. The highest BCUT2D eigenvalue weighted by molar-refractivity contribution is 7.20. The molecule has 3 aromatic heterocycles. The van der Waals surface area contributed by atoms with E-state index < -0.39 is 0 Å². The van der Waals surface area contributed by atoms with Crippen LogP contribution in [-0.4, -0.2) is 19.7 Å². The Morgan fingerprint density at radius 3 is 2.68 bits per heavy atom. The lowest BCUT2D eigenvalue weighted by Crippen LogP contribution is -1.95. The van der Waals surface area contributed by atoms with Crippen LogP contribution < -0.4 is 0 Å². The molecule has 0 aliphatic heterocycles. The topological polar surface area (TPSA) is 50.4 Å². The third kappa shape index (κ3) is 2.16. The first-order chi connectivity index (χ1) is 10.8. The Morgan fingerprint density at radius 1 is 1.18 bits per heavy atom. The predicted octanol–water partition coefficient (Wildman–Crippen LogP) is 3.99. The van der Waals surface area contributed by atoms with Gasteiger partial charge in [-0.15, -0.1) is 11.3 Å². The molecule has 0 aliphatic rings. The van der Waals surface area contributed by atoms with Crippen LogP contribution >= 0.6 is 22.7 Å². The van der Waals surface area contributed by atoms with E-state index in [9.17, 15) is 5.11 Å². The van der Waals surface area contributed by atoms with Crippen molar-refractivity contribution in [1.29, 1.82) is 0 Å². The maximum absolute atomic E-state index is 9.73. The summed E-state index contributed by atoms with van der Waals surface area (Å²) in [6, 6.07) is 12.3. The maximum Gasteiger partial charge on any atom is 0.213 e. The van der Waals surface area contributed by atoms with Crippen molar-refractivity contribution in [3.63, 3.8) is 0 Å². The molecule has 22 heavy (non-hydrogen) atoms. The largest absolute Gasteiger partial charge is 0.390 e. The molecule has 6 heteroatoms. The first-order valence-corrected chi connectivity index (χ1v) is 8.56. The first kappa shape index (κ1) is 13.6. The lowest BCUT2D eigenvalue weighted by atomic mass is 10.2. The molecule has 4 aromatic rings. The van der Waals surface area contributed by atoms with E-state index in [0.717, 1.165) is 31.8 Å². The summed E-state index contributed by atoms with van der Waals surface area (Å²) in [5, 5.41) is 17.3. The van der Waals surface area contributed by atoms with E-state index in [1.54, 1.807) is 15.9 Å². The molecule has 0 spiro atoms. The predicted molar refractivity (Wildman–Crippen MR) is 90.3 cm³/mol. The molecule has 1 aromatic carbocycles. The van der Waals surface area contributed by atoms with Gasteiger partial charge < -0.3 is 5.11 Å². The lowest BCUT2D eigenvalue weighted by Gasteiger charge is -1.98. The van der Waals surface area contributed by atoms with Gasteiger partial charge in [0.25, 0.3) is 0 Å². The highest BCUT2D eigenvalue weighted by atomic mass is 32.1. The molecule has 0 aliphatic carbocycles. The maximum atomic E-state index is 9.73. The highest BCUT2D eigenvalue weighted by Crippen LogP contribution is 2.32. The van der Waals surface area contributed by atoms with Gasteiger partial charge >= 0.3 is 0 Å². The van der Waals surface area contributed by atoms with Crippen molar-refractivity contribution < 1.29 is 5.11 Å². The number of nitrogens with zero attached hydrogens (tertiary/aromatic N) is 3. The molecular weight excluding hydrogens is 314 g/mol. The molecule has 4 rings (SSSR count). The average molecular weight is 327 g/mol. The summed E-state index contributed by atoms with van der Waals surface area (Å²) < 4.78 is 1.76. The minimum Gasteiger partial charge on any atom is -0.390 e. The van der Waals surface area contributed by atoms with Crippen molar-refractivity contribution in [3.8, 4) is 21.1 Å². The van der Waals surface area contributed by atoms with E-state index in [1.807, 2.05) is 17.5 Å². The Balaban J connectivity index is 1.85. The molecule has 1 N–H and O–H groups in total. The van der Waals surface area contributed by atoms with E-state index in [4.69, 9.17) is 0 Å². The zero-order valence-electron chi connectivity index (χ0n) is 11.9. The van der Waals surface area contributed by atoms with Gasteiger partial charge in [-0.3, -0.25) is 0 Å². The van der Waals surface area contributed by atoms with E-state index in [-0.39, 0.29) is 6.61 Å². The van der Waals surface area contributed by atoms with Crippen LogP contribution in [-0.2, 0) is 6.61 Å². The highest BCUT2D eigenvalue weighted by Gasteiger charge is 2.18. The van der Waals surface area contributed by atoms with Gasteiger partial charge in [0.15, 0.2) is 0 Å². The van der Waals surface area contributed by atoms with Gasteiger partial charge in [-0.1, -0.05) is 47.2 Å². The molecule has 0 amide bonds. The summed E-state index contributed by atoms with van der Waals surface area (Å²) in [7, 11) is 0. The van der Waals surface area contributed by atoms with Crippen LogP contribution in [0.1, 0.15) is 11.3 Å². The van der Waals surface area contributed by atoms with Gasteiger partial charge in [0.1, 0.15) is 10.7 Å². The standard InChI is InChI=1S/C16H13N3OS2/c1-10-4-6-11(7-5-10)15-18-19-12(9-20)14(17-16(19)22-15)13-3-2-8-21-13/h2-8,20H,9H2,1H3. The number of aryl methyl sites for hydroxylation is 1. The van der Waals surface area contributed by atoms with Crippen LogP contribution in [0.5, 0.6) is 0 Å². The van der Waals surface area contributed by atoms with Crippen molar-refractivity contribution in [2.45, 2.75) is 13.5 Å². The summed E-state index contributed by atoms with van der Waals surface area (Å²) in [4.78, 5) is 6.52. The summed E-state index contributed by atoms with van der Waals surface area (Å²) in [5.41, 5.74) is 3.86. The van der Waals surface area contributed by atoms with Crippen molar-refractivity contribution >= 4 is 27.6 Å². The van der Waals surface area contributed by atoms with Crippen molar-refractivity contribution in [2.24, 2.45) is 0 Å². The Morgan fingerprint density at radius 2 is 2.00 bits per heavy atom. The minimum absolute atomic E-state index is 0.0779. The number of imidazole rings is 1. The zero-order valence-corrected chi connectivity index (χ0v) is 13.5. The molecule has 4 nitrogen and oxygen atoms in total. The SMILES string of the molecule is Cc1ccc(-c2nn3c(CO)c(-c4cccs4)nc3s2)cc1. The summed E-state index contributed by atoms with van der Waals surface area (Å²) >= 11 is 3.15. The molecule has 0 saturated heterocycles. The van der Waals surface area contributed by atoms with E-state index in [0.29, 0.717) is 0 Å². The number of hydrogen-bond donors (Lipinski definition) is 1. The van der Waals surface area contributed by atoms with E-state index >= 15 is 0 Å². The monoisotopic (exact) mass is 327 g/mol. The Kier molecular flexibility index (Phi) is 3.29. The third-order valence-corrected chi connectivity index (χ3v) is 5.33. The molecule has 110 valence electrons. The van der Waals surface area contributed by atoms with Gasteiger partial charge in [0.05, 0.1) is 17.2 Å². The molecule has 0 unspecified atom stereocenters. The van der Waals surface area contributed by atoms with Gasteiger partial charge in [-0.25, -0.2) is 9.50 Å². The van der Waals surface area contributed by atoms with Crippen LogP contribution in [0.3, 0.4) is 0 Å². The molecule has 0 fully saturated rings. The van der Waals surface area contributed by atoms with Crippen molar-refractivity contribution in [1.82, 2.24) is 14.6 Å². The van der Waals surface area contributed by atoms with Crippen LogP contribution in [0.25, 0.3) is 26.1 Å². The number of rotatable bonds is 3. The number of thiophene rings is 1. The molecule has 3 heterocycles. The number of aromatic nitrogens is 3. The average Bonchev–Trinajstić information content (AvgIpc) is 3.22. The van der Waals surface area contributed by atoms with Gasteiger partial charge in [0, 0.05) is 5.56 Å². The van der Waals surface area contributed by atoms with Gasteiger partial charge in [0.2, 0.25) is 4.96 Å². The molecule has 0 radical (unpaired) electrons. The summed E-state index contributed by atoms with van der Waals surface area (Å²) in [5.74, 6) is 0. The van der Waals surface area contributed by atoms with Crippen molar-refractivity contribution in [2.75, 3.05) is 0 Å². The minimum atomic E-state index is -0.0779. The number of aliphatic hydroxyl groups excluding tert-OH is 1. The number of fused-ring (bicyclic) bond motifs is 1. The second kappa shape index (κ2) is 5.31. The Hall–Kier alpha value is -2.02. The normalized spacial score (nSPS) is 11.4. The molecule has 0 saturated carbocycles. The summed E-state index contributed by atoms with van der Waals surface area (Å²) in [6.07, 6.45) is 0. The fraction of sp³-hybridized carbons (Fsp3) is 0.125. The fourth-order valence-electron chi connectivity index (χ4n) is 2.36. The van der Waals surface area contributed by atoms with Crippen molar-refractivity contribution in [3.05, 3.63) is 53.0 Å². The molecular formula is C16H13N3OS2. The molecule has 0 atom stereocenters. The number of aliphatic hydroxyl groups is 1. The lowest BCUT2D eigenvalue weighted by molar-refractivity contribution is 0.275. The van der Waals surface area contributed by atoms with Crippen LogP contribution in [0, 0.1) is 6.92 Å².